The third-order valence-electron chi connectivity index (χ3n) is 6.81. The number of nitrogens with zero attached hydrogens (tertiary/aromatic N) is 1. The maximum absolute atomic E-state index is 13.5. The molecular weight excluding hydrogens is 550 g/mol. The summed E-state index contributed by atoms with van der Waals surface area (Å²) in [6, 6.07) is 1.26. The molecule has 0 radical (unpaired) electrons. The number of carboxylic acids is 1. The predicted octanol–water partition coefficient (Wildman–Crippen LogP) is 0.611. The summed E-state index contributed by atoms with van der Waals surface area (Å²) in [5.74, 6) is -2.57. The van der Waals surface area contributed by atoms with E-state index in [0.29, 0.717) is 37.1 Å². The number of hydrogen-bond acceptors (Lipinski definition) is 8. The van der Waals surface area contributed by atoms with Crippen molar-refractivity contribution in [3.05, 3.63) is 29.8 Å². The van der Waals surface area contributed by atoms with Crippen LogP contribution in [0, 0.1) is 5.92 Å². The average molecular weight is 594 g/mol. The van der Waals surface area contributed by atoms with Crippen LogP contribution in [0.4, 0.5) is 0 Å². The Balaban J connectivity index is 2.16. The van der Waals surface area contributed by atoms with Crippen molar-refractivity contribution in [1.82, 2.24) is 20.9 Å². The van der Waals surface area contributed by atoms with Crippen LogP contribution in [0.25, 0.3) is 0 Å². The van der Waals surface area contributed by atoms with E-state index < -0.39 is 53.9 Å². The van der Waals surface area contributed by atoms with Gasteiger partial charge in [-0.1, -0.05) is 26.0 Å². The van der Waals surface area contributed by atoms with Gasteiger partial charge in [0.1, 0.15) is 29.9 Å². The zero-order chi connectivity index (χ0) is 30.7. The first kappa shape index (κ1) is 33.9. The molecule has 0 saturated carbocycles. The van der Waals surface area contributed by atoms with Gasteiger partial charge in [-0.15, -0.1) is 0 Å². The number of likely N-dealkylation sites (tertiary alicyclic amines) is 1. The number of thioether (sulfide) groups is 1. The number of carbonyl (C=O) groups is 5. The summed E-state index contributed by atoms with van der Waals surface area (Å²) >= 11 is 1.47. The molecular formula is C28H43N5O7S. The van der Waals surface area contributed by atoms with Gasteiger partial charge in [-0.05, 0) is 68.2 Å². The van der Waals surface area contributed by atoms with E-state index in [2.05, 4.69) is 16.0 Å². The molecule has 12 nitrogen and oxygen atoms in total. The summed E-state index contributed by atoms with van der Waals surface area (Å²) in [4.78, 5) is 65.7. The van der Waals surface area contributed by atoms with Crippen molar-refractivity contribution in [3.8, 4) is 5.75 Å². The Morgan fingerprint density at radius 2 is 1.63 bits per heavy atom. The lowest BCUT2D eigenvalue weighted by Crippen LogP contribution is -2.58. The Kier molecular flexibility index (Phi) is 13.4. The number of aromatic hydroxyl groups is 1. The number of phenolic OH excluding ortho intramolecular Hbond substituents is 1. The quantitative estimate of drug-likeness (QED) is 0.169. The second kappa shape index (κ2) is 16.2. The second-order valence-electron chi connectivity index (χ2n) is 10.8. The van der Waals surface area contributed by atoms with E-state index in [0.717, 1.165) is 0 Å². The molecule has 1 saturated heterocycles. The number of benzene rings is 1. The van der Waals surface area contributed by atoms with E-state index >= 15 is 0 Å². The molecule has 0 aliphatic carbocycles. The molecule has 1 aliphatic heterocycles. The van der Waals surface area contributed by atoms with Gasteiger partial charge in [0.05, 0.1) is 6.04 Å². The lowest BCUT2D eigenvalue weighted by atomic mass is 10.0. The third kappa shape index (κ3) is 10.5. The minimum absolute atomic E-state index is 0.0141. The first-order chi connectivity index (χ1) is 19.3. The number of rotatable bonds is 15. The summed E-state index contributed by atoms with van der Waals surface area (Å²) in [5.41, 5.74) is 6.29. The number of phenols is 1. The van der Waals surface area contributed by atoms with Gasteiger partial charge < -0.3 is 36.8 Å². The second-order valence-corrected chi connectivity index (χ2v) is 11.8. The minimum Gasteiger partial charge on any atom is -0.508 e. The first-order valence-electron chi connectivity index (χ1n) is 13.8. The van der Waals surface area contributed by atoms with Crippen LogP contribution in [0.2, 0.25) is 0 Å². The Morgan fingerprint density at radius 1 is 1.00 bits per heavy atom. The summed E-state index contributed by atoms with van der Waals surface area (Å²) in [7, 11) is 0. The molecule has 1 heterocycles. The van der Waals surface area contributed by atoms with Gasteiger partial charge in [0.2, 0.25) is 23.6 Å². The minimum atomic E-state index is -1.25. The molecule has 1 aromatic rings. The Morgan fingerprint density at radius 3 is 2.20 bits per heavy atom. The monoisotopic (exact) mass is 593 g/mol. The SMILES string of the molecule is CSCC[C@H](NC(=O)[C@@H]1CCCN1C(=O)[C@H](CC(C)C)NC(=O)[C@H](C)N)C(=O)N[C@@H](Cc1ccc(O)cc1)C(=O)O. The summed E-state index contributed by atoms with van der Waals surface area (Å²) in [6.45, 7) is 5.70. The van der Waals surface area contributed by atoms with Crippen LogP contribution in [0.15, 0.2) is 24.3 Å². The van der Waals surface area contributed by atoms with Gasteiger partial charge in [-0.3, -0.25) is 19.2 Å². The molecule has 1 fully saturated rings. The van der Waals surface area contributed by atoms with E-state index in [1.54, 1.807) is 12.1 Å². The summed E-state index contributed by atoms with van der Waals surface area (Å²) in [6.07, 6.45) is 3.44. The number of nitrogens with one attached hydrogen (secondary N) is 3. The third-order valence-corrected chi connectivity index (χ3v) is 7.45. The number of carboxylic acid groups (broad SMARTS) is 1. The Labute approximate surface area is 245 Å². The molecule has 5 atom stereocenters. The van der Waals surface area contributed by atoms with Gasteiger partial charge in [0.25, 0.3) is 0 Å². The van der Waals surface area contributed by atoms with Gasteiger partial charge >= 0.3 is 5.97 Å². The lowest BCUT2D eigenvalue weighted by molar-refractivity contribution is -0.143. The van der Waals surface area contributed by atoms with Gasteiger partial charge in [0.15, 0.2) is 0 Å². The largest absolute Gasteiger partial charge is 0.508 e. The fourth-order valence-electron chi connectivity index (χ4n) is 4.61. The van der Waals surface area contributed by atoms with Crippen LogP contribution in [-0.4, -0.2) is 93.5 Å². The van der Waals surface area contributed by atoms with Crippen LogP contribution >= 0.6 is 11.8 Å². The molecule has 4 amide bonds. The normalized spacial score (nSPS) is 17.8. The van der Waals surface area contributed by atoms with Crippen molar-refractivity contribution in [3.63, 3.8) is 0 Å². The maximum atomic E-state index is 13.5. The van der Waals surface area contributed by atoms with Crippen LogP contribution in [-0.2, 0) is 30.4 Å². The number of amides is 4. The van der Waals surface area contributed by atoms with Crippen LogP contribution in [0.3, 0.4) is 0 Å². The van der Waals surface area contributed by atoms with Crippen molar-refractivity contribution in [2.45, 2.75) is 83.1 Å². The molecule has 2 rings (SSSR count). The van der Waals surface area contributed by atoms with Crippen molar-refractivity contribution < 1.29 is 34.2 Å². The highest BCUT2D eigenvalue weighted by atomic mass is 32.2. The summed E-state index contributed by atoms with van der Waals surface area (Å²) < 4.78 is 0. The van der Waals surface area contributed by atoms with E-state index in [4.69, 9.17) is 5.73 Å². The lowest BCUT2D eigenvalue weighted by Gasteiger charge is -2.31. The molecule has 13 heteroatoms. The van der Waals surface area contributed by atoms with Gasteiger partial charge in [-0.25, -0.2) is 4.79 Å². The highest BCUT2D eigenvalue weighted by Gasteiger charge is 2.39. The highest BCUT2D eigenvalue weighted by Crippen LogP contribution is 2.21. The van der Waals surface area contributed by atoms with E-state index in [1.807, 2.05) is 20.1 Å². The molecule has 0 unspecified atom stereocenters. The van der Waals surface area contributed by atoms with Crippen molar-refractivity contribution in [2.75, 3.05) is 18.6 Å². The fourth-order valence-corrected chi connectivity index (χ4v) is 5.08. The van der Waals surface area contributed by atoms with Crippen molar-refractivity contribution in [2.24, 2.45) is 11.7 Å². The van der Waals surface area contributed by atoms with Gasteiger partial charge in [0, 0.05) is 13.0 Å². The molecule has 1 aromatic carbocycles. The van der Waals surface area contributed by atoms with E-state index in [9.17, 15) is 34.2 Å². The predicted molar refractivity (Wildman–Crippen MR) is 156 cm³/mol. The van der Waals surface area contributed by atoms with Gasteiger partial charge in [-0.2, -0.15) is 11.8 Å². The Bertz CT molecular complexity index is 1070. The number of nitrogens with two attached hydrogens (primary N) is 1. The van der Waals surface area contributed by atoms with Crippen molar-refractivity contribution >= 4 is 41.4 Å². The first-order valence-corrected chi connectivity index (χ1v) is 15.2. The van der Waals surface area contributed by atoms with Crippen molar-refractivity contribution in [1.29, 1.82) is 0 Å². The maximum Gasteiger partial charge on any atom is 0.326 e. The molecule has 0 bridgehead atoms. The van der Waals surface area contributed by atoms with Crippen LogP contribution in [0.1, 0.15) is 52.0 Å². The van der Waals surface area contributed by atoms with Crippen LogP contribution < -0.4 is 21.7 Å². The summed E-state index contributed by atoms with van der Waals surface area (Å²) in [5, 5.41) is 27.2. The number of hydrogen-bond donors (Lipinski definition) is 6. The number of aliphatic carboxylic acids is 1. The topological polar surface area (TPSA) is 191 Å². The van der Waals surface area contributed by atoms with E-state index in [1.165, 1.54) is 35.7 Å². The smallest absolute Gasteiger partial charge is 0.326 e. The van der Waals surface area contributed by atoms with Crippen LogP contribution in [0.5, 0.6) is 5.75 Å². The Hall–Kier alpha value is -3.32. The van der Waals surface area contributed by atoms with E-state index in [-0.39, 0.29) is 30.4 Å². The fraction of sp³-hybridized carbons (Fsp3) is 0.607. The average Bonchev–Trinajstić information content (AvgIpc) is 3.40. The molecule has 41 heavy (non-hydrogen) atoms. The standard InChI is InChI=1S/C28H43N5O7S/c1-16(2)14-21(31-24(35)17(3)29)27(38)33-12-5-6-23(33)26(37)30-20(11-13-41-4)25(36)32-22(28(39)40)15-18-7-9-19(34)10-8-18/h7-10,16-17,20-23,34H,5-6,11-15,29H2,1-4H3,(H,30,37)(H,31,35)(H,32,36)(H,39,40)/t17-,20-,21-,22-,23-/m0/s1. The zero-order valence-corrected chi connectivity index (χ0v) is 24.9. The molecule has 1 aliphatic rings. The molecule has 0 aromatic heterocycles. The molecule has 0 spiro atoms. The molecule has 7 N–H and O–H groups in total. The molecule has 228 valence electrons. The zero-order valence-electron chi connectivity index (χ0n) is 24.1. The number of carbonyl (C=O) groups excluding carboxylic acids is 4. The highest BCUT2D eigenvalue weighted by molar-refractivity contribution is 7.98.